The largest absolute Gasteiger partial charge is 0.481 e. The minimum absolute atomic E-state index is 0.0382. The van der Waals surface area contributed by atoms with Crippen LogP contribution in [0.5, 0.6) is 0 Å². The van der Waals surface area contributed by atoms with Gasteiger partial charge in [0.25, 0.3) is 0 Å². The average molecular weight is 312 g/mol. The second kappa shape index (κ2) is 9.49. The van der Waals surface area contributed by atoms with E-state index >= 15 is 0 Å². The van der Waals surface area contributed by atoms with Gasteiger partial charge in [-0.25, -0.2) is 0 Å². The molecular weight excluding hydrogens is 284 g/mol. The quantitative estimate of drug-likeness (QED) is 0.633. The molecule has 0 rings (SSSR count). The lowest BCUT2D eigenvalue weighted by atomic mass is 9.79. The number of aliphatic carboxylic acids is 1. The van der Waals surface area contributed by atoms with E-state index in [1.54, 1.807) is 13.8 Å². The molecule has 0 heterocycles. The van der Waals surface area contributed by atoms with E-state index in [9.17, 15) is 19.2 Å². The van der Waals surface area contributed by atoms with Crippen LogP contribution in [-0.4, -0.2) is 28.4 Å². The predicted molar refractivity (Wildman–Crippen MR) is 83.5 cm³/mol. The molecule has 5 heteroatoms. The Hall–Kier alpha value is -1.52. The zero-order valence-corrected chi connectivity index (χ0v) is 14.2. The van der Waals surface area contributed by atoms with E-state index in [1.807, 2.05) is 13.8 Å². The maximum absolute atomic E-state index is 12.4. The van der Waals surface area contributed by atoms with E-state index in [1.165, 1.54) is 6.92 Å². The Bertz CT molecular complexity index is 423. The lowest BCUT2D eigenvalue weighted by molar-refractivity contribution is -0.138. The van der Waals surface area contributed by atoms with E-state index in [0.717, 1.165) is 0 Å². The minimum atomic E-state index is -0.986. The maximum atomic E-state index is 12.4. The molecule has 0 aromatic carbocycles. The molecule has 0 aliphatic heterocycles. The standard InChI is InChI=1S/C17H28O5/c1-10(2)14(17(22)11(3)4)9-15(19)13(8-12(5)18)6-7-16(20)21/h10-11,13-14H,6-9H2,1-5H3,(H,20,21)/t13-,14-/m1/s1. The monoisotopic (exact) mass is 312 g/mol. The number of hydrogen-bond donors (Lipinski definition) is 1. The molecule has 0 saturated heterocycles. The number of Topliss-reactive ketones (excluding diaryl/α,β-unsaturated/α-hetero) is 3. The summed E-state index contributed by atoms with van der Waals surface area (Å²) in [6.07, 6.45) is 0.141. The van der Waals surface area contributed by atoms with Crippen molar-refractivity contribution in [1.82, 2.24) is 0 Å². The first-order valence-corrected chi connectivity index (χ1v) is 7.83. The third-order valence-electron chi connectivity index (χ3n) is 3.86. The van der Waals surface area contributed by atoms with E-state index in [-0.39, 0.29) is 60.8 Å². The zero-order valence-electron chi connectivity index (χ0n) is 14.2. The van der Waals surface area contributed by atoms with Gasteiger partial charge in [0.1, 0.15) is 17.3 Å². The number of carbonyl (C=O) groups excluding carboxylic acids is 3. The van der Waals surface area contributed by atoms with Crippen molar-refractivity contribution in [2.24, 2.45) is 23.7 Å². The van der Waals surface area contributed by atoms with Gasteiger partial charge in [-0.15, -0.1) is 0 Å². The van der Waals surface area contributed by atoms with E-state index in [2.05, 4.69) is 0 Å². The highest BCUT2D eigenvalue weighted by Crippen LogP contribution is 2.25. The van der Waals surface area contributed by atoms with Crippen LogP contribution in [0, 0.1) is 23.7 Å². The van der Waals surface area contributed by atoms with Gasteiger partial charge in [0.2, 0.25) is 0 Å². The fourth-order valence-electron chi connectivity index (χ4n) is 2.50. The summed E-state index contributed by atoms with van der Waals surface area (Å²) in [5, 5.41) is 8.76. The highest BCUT2D eigenvalue weighted by molar-refractivity contribution is 5.92. The molecule has 0 fully saturated rings. The molecule has 2 atom stereocenters. The maximum Gasteiger partial charge on any atom is 0.303 e. The summed E-state index contributed by atoms with van der Waals surface area (Å²) >= 11 is 0. The Kier molecular flexibility index (Phi) is 8.83. The molecular formula is C17H28O5. The highest BCUT2D eigenvalue weighted by atomic mass is 16.4. The molecule has 126 valence electrons. The first kappa shape index (κ1) is 20.5. The molecule has 0 saturated carbocycles. The van der Waals surface area contributed by atoms with Crippen LogP contribution in [0.2, 0.25) is 0 Å². The van der Waals surface area contributed by atoms with Gasteiger partial charge < -0.3 is 9.90 Å². The van der Waals surface area contributed by atoms with Gasteiger partial charge >= 0.3 is 5.97 Å². The van der Waals surface area contributed by atoms with Gasteiger partial charge in [-0.05, 0) is 19.3 Å². The van der Waals surface area contributed by atoms with Crippen LogP contribution >= 0.6 is 0 Å². The Morgan fingerprint density at radius 2 is 1.50 bits per heavy atom. The van der Waals surface area contributed by atoms with E-state index in [4.69, 9.17) is 5.11 Å². The number of carboxylic acids is 1. The summed E-state index contributed by atoms with van der Waals surface area (Å²) in [4.78, 5) is 46.6. The number of rotatable bonds is 11. The van der Waals surface area contributed by atoms with Crippen molar-refractivity contribution >= 4 is 23.3 Å². The van der Waals surface area contributed by atoms with Crippen LogP contribution in [0.1, 0.15) is 60.3 Å². The van der Waals surface area contributed by atoms with Gasteiger partial charge in [0.15, 0.2) is 0 Å². The van der Waals surface area contributed by atoms with Crippen molar-refractivity contribution in [1.29, 1.82) is 0 Å². The van der Waals surface area contributed by atoms with Crippen molar-refractivity contribution in [3.8, 4) is 0 Å². The molecule has 22 heavy (non-hydrogen) atoms. The second-order valence-corrected chi connectivity index (χ2v) is 6.61. The lowest BCUT2D eigenvalue weighted by Gasteiger charge is -2.23. The smallest absolute Gasteiger partial charge is 0.303 e. The van der Waals surface area contributed by atoms with Gasteiger partial charge in [-0.1, -0.05) is 27.7 Å². The molecule has 0 aliphatic rings. The minimum Gasteiger partial charge on any atom is -0.481 e. The van der Waals surface area contributed by atoms with Crippen LogP contribution in [0.25, 0.3) is 0 Å². The molecule has 1 N–H and O–H groups in total. The molecule has 0 radical (unpaired) electrons. The fourth-order valence-corrected chi connectivity index (χ4v) is 2.50. The molecule has 0 spiro atoms. The van der Waals surface area contributed by atoms with E-state index in [0.29, 0.717) is 0 Å². The summed E-state index contributed by atoms with van der Waals surface area (Å²) < 4.78 is 0. The second-order valence-electron chi connectivity index (χ2n) is 6.61. The predicted octanol–water partition coefficient (Wildman–Crippen LogP) is 2.90. The van der Waals surface area contributed by atoms with Gasteiger partial charge in [-0.3, -0.25) is 14.4 Å². The SMILES string of the molecule is CC(=O)C[C@@H](CCC(=O)O)C(=O)C[C@@H](C(=O)C(C)C)C(C)C. The van der Waals surface area contributed by atoms with Gasteiger partial charge in [-0.2, -0.15) is 0 Å². The summed E-state index contributed by atoms with van der Waals surface area (Å²) in [6, 6.07) is 0. The number of carboxylic acid groups (broad SMARTS) is 1. The van der Waals surface area contributed by atoms with Crippen molar-refractivity contribution in [2.75, 3.05) is 0 Å². The van der Waals surface area contributed by atoms with Gasteiger partial charge in [0, 0.05) is 37.0 Å². The Labute approximate surface area is 132 Å². The summed E-state index contributed by atoms with van der Waals surface area (Å²) in [5.74, 6) is -2.34. The summed E-state index contributed by atoms with van der Waals surface area (Å²) in [6.45, 7) is 8.80. The first-order valence-electron chi connectivity index (χ1n) is 7.83. The molecule has 0 unspecified atom stereocenters. The number of ketones is 3. The lowest BCUT2D eigenvalue weighted by Crippen LogP contribution is -2.30. The Morgan fingerprint density at radius 1 is 0.955 bits per heavy atom. The Balaban J connectivity index is 4.98. The summed E-state index contributed by atoms with van der Waals surface area (Å²) in [5.41, 5.74) is 0. The normalized spacial score (nSPS) is 14.0. The first-order chi connectivity index (χ1) is 10.1. The molecule has 0 aromatic rings. The average Bonchev–Trinajstić information content (AvgIpc) is 2.38. The van der Waals surface area contributed by atoms with Crippen LogP contribution < -0.4 is 0 Å². The topological polar surface area (TPSA) is 88.5 Å². The fraction of sp³-hybridized carbons (Fsp3) is 0.765. The van der Waals surface area contributed by atoms with Crippen molar-refractivity contribution in [3.05, 3.63) is 0 Å². The Morgan fingerprint density at radius 3 is 1.86 bits per heavy atom. The van der Waals surface area contributed by atoms with Crippen molar-refractivity contribution < 1.29 is 24.3 Å². The number of carbonyl (C=O) groups is 4. The van der Waals surface area contributed by atoms with Gasteiger partial charge in [0.05, 0.1) is 0 Å². The van der Waals surface area contributed by atoms with Crippen LogP contribution in [0.15, 0.2) is 0 Å². The van der Waals surface area contributed by atoms with Crippen LogP contribution in [-0.2, 0) is 19.2 Å². The number of hydrogen-bond acceptors (Lipinski definition) is 4. The van der Waals surface area contributed by atoms with Crippen molar-refractivity contribution in [2.45, 2.75) is 60.3 Å². The third-order valence-corrected chi connectivity index (χ3v) is 3.86. The van der Waals surface area contributed by atoms with Crippen LogP contribution in [0.3, 0.4) is 0 Å². The summed E-state index contributed by atoms with van der Waals surface area (Å²) in [7, 11) is 0. The van der Waals surface area contributed by atoms with Crippen molar-refractivity contribution in [3.63, 3.8) is 0 Å². The molecule has 0 aromatic heterocycles. The van der Waals surface area contributed by atoms with E-state index < -0.39 is 11.9 Å². The molecule has 5 nitrogen and oxygen atoms in total. The van der Waals surface area contributed by atoms with Crippen LogP contribution in [0.4, 0.5) is 0 Å². The third kappa shape index (κ3) is 7.48. The molecule has 0 bridgehead atoms. The molecule has 0 amide bonds. The zero-order chi connectivity index (χ0) is 17.4. The highest BCUT2D eigenvalue weighted by Gasteiger charge is 2.30. The molecule has 0 aliphatic carbocycles.